The highest BCUT2D eigenvalue weighted by atomic mass is 15.1. The molecule has 0 atom stereocenters. The molecule has 0 saturated carbocycles. The molecule has 3 aliphatic rings. The molecule has 0 fully saturated rings. The highest BCUT2D eigenvalue weighted by molar-refractivity contribution is 6.14. The summed E-state index contributed by atoms with van der Waals surface area (Å²) < 4.78 is 4.76. The average Bonchev–Trinajstić information content (AvgIpc) is 4.21. The van der Waals surface area contributed by atoms with Crippen LogP contribution in [0.1, 0.15) is 39.9 Å². The van der Waals surface area contributed by atoms with E-state index in [9.17, 15) is 0 Å². The summed E-state index contributed by atoms with van der Waals surface area (Å²) >= 11 is 0. The van der Waals surface area contributed by atoms with Gasteiger partial charge in [-0.25, -0.2) is 9.97 Å². The molecule has 0 aliphatic heterocycles. The minimum Gasteiger partial charge on any atom is -0.310 e. The van der Waals surface area contributed by atoms with Crippen molar-refractivity contribution in [3.05, 3.63) is 270 Å². The molecule has 3 aliphatic carbocycles. The minimum absolute atomic E-state index is 0.454. The van der Waals surface area contributed by atoms with Crippen LogP contribution in [0.5, 0.6) is 0 Å². The third-order valence-corrected chi connectivity index (χ3v) is 16.2. The first-order chi connectivity index (χ1) is 36.2. The SMILES string of the molecule is C1=Cc2c(c3ccccc3n2-c2cc(-c3ccc(-c4nc5ccccc5n4-c4ccccc4)cc3)cc(-c3nc4ccccc4c4cc5c(cc34)-c3ccccc3C53c4ccccc4-c4ccccc43)c2)CC1. The Morgan fingerprint density at radius 3 is 1.73 bits per heavy atom. The van der Waals surface area contributed by atoms with Crippen LogP contribution in [0.2, 0.25) is 0 Å². The Labute approximate surface area is 422 Å². The van der Waals surface area contributed by atoms with Crippen molar-refractivity contribution in [3.8, 4) is 67.4 Å². The Hall–Kier alpha value is -9.38. The van der Waals surface area contributed by atoms with E-state index in [1.165, 1.54) is 72.1 Å². The molecule has 0 bridgehead atoms. The number of aromatic nitrogens is 4. The van der Waals surface area contributed by atoms with Crippen LogP contribution in [-0.4, -0.2) is 19.1 Å². The van der Waals surface area contributed by atoms with E-state index in [0.29, 0.717) is 0 Å². The van der Waals surface area contributed by atoms with Gasteiger partial charge in [-0.1, -0.05) is 170 Å². The second kappa shape index (κ2) is 15.3. The van der Waals surface area contributed by atoms with Crippen molar-refractivity contribution in [3.63, 3.8) is 0 Å². The molecule has 1 spiro atoms. The maximum atomic E-state index is 5.70. The van der Waals surface area contributed by atoms with Crippen molar-refractivity contribution >= 4 is 49.7 Å². The summed E-state index contributed by atoms with van der Waals surface area (Å²) in [6.45, 7) is 0. The summed E-state index contributed by atoms with van der Waals surface area (Å²) in [5.74, 6) is 0.915. The molecular weight excluding hydrogens is 885 g/mol. The van der Waals surface area contributed by atoms with Gasteiger partial charge in [-0.15, -0.1) is 0 Å². The van der Waals surface area contributed by atoms with E-state index in [2.05, 4.69) is 252 Å². The van der Waals surface area contributed by atoms with Crippen LogP contribution >= 0.6 is 0 Å². The molecule has 16 rings (SSSR count). The van der Waals surface area contributed by atoms with Crippen LogP contribution in [0.4, 0.5) is 0 Å². The highest BCUT2D eigenvalue weighted by Crippen LogP contribution is 2.63. The summed E-state index contributed by atoms with van der Waals surface area (Å²) in [6, 6.07) is 85.0. The second-order valence-corrected chi connectivity index (χ2v) is 19.9. The van der Waals surface area contributed by atoms with Crippen molar-refractivity contribution in [1.82, 2.24) is 19.1 Å². The molecule has 0 N–H and O–H groups in total. The van der Waals surface area contributed by atoms with Gasteiger partial charge in [0.25, 0.3) is 0 Å². The lowest BCUT2D eigenvalue weighted by Crippen LogP contribution is -2.25. The van der Waals surface area contributed by atoms with Gasteiger partial charge >= 0.3 is 0 Å². The lowest BCUT2D eigenvalue weighted by Gasteiger charge is -2.30. The molecule has 13 aromatic rings. The van der Waals surface area contributed by atoms with Crippen molar-refractivity contribution in [2.45, 2.75) is 18.3 Å². The van der Waals surface area contributed by atoms with Gasteiger partial charge < -0.3 is 4.57 Å². The zero-order valence-electron chi connectivity index (χ0n) is 39.8. The zero-order valence-corrected chi connectivity index (χ0v) is 39.8. The molecule has 10 aromatic carbocycles. The van der Waals surface area contributed by atoms with Crippen LogP contribution in [0.3, 0.4) is 0 Å². The second-order valence-electron chi connectivity index (χ2n) is 19.9. The number of aryl methyl sites for hydroxylation is 1. The van der Waals surface area contributed by atoms with Crippen LogP contribution in [0.25, 0.3) is 117 Å². The Balaban J connectivity index is 0.951. The molecule has 0 amide bonds. The van der Waals surface area contributed by atoms with Gasteiger partial charge in [0.1, 0.15) is 5.82 Å². The molecule has 0 radical (unpaired) electrons. The molecule has 340 valence electrons. The van der Waals surface area contributed by atoms with Crippen molar-refractivity contribution in [1.29, 1.82) is 0 Å². The van der Waals surface area contributed by atoms with Crippen LogP contribution < -0.4 is 0 Å². The van der Waals surface area contributed by atoms with E-state index in [0.717, 1.165) is 85.3 Å². The molecule has 0 unspecified atom stereocenters. The number of nitrogens with zero attached hydrogens (tertiary/aromatic N) is 4. The first-order valence-corrected chi connectivity index (χ1v) is 25.5. The number of allylic oxidation sites excluding steroid dienone is 1. The fourth-order valence-electron chi connectivity index (χ4n) is 13.1. The van der Waals surface area contributed by atoms with Crippen molar-refractivity contribution < 1.29 is 0 Å². The van der Waals surface area contributed by atoms with Gasteiger partial charge in [0, 0.05) is 44.4 Å². The summed E-state index contributed by atoms with van der Waals surface area (Å²) in [6.07, 6.45) is 6.71. The number of imidazole rings is 1. The van der Waals surface area contributed by atoms with Gasteiger partial charge in [0.15, 0.2) is 0 Å². The van der Waals surface area contributed by atoms with Crippen molar-refractivity contribution in [2.75, 3.05) is 0 Å². The molecular formula is C69H44N4. The van der Waals surface area contributed by atoms with Crippen LogP contribution in [0.15, 0.2) is 237 Å². The van der Waals surface area contributed by atoms with Crippen LogP contribution in [0, 0.1) is 0 Å². The smallest absolute Gasteiger partial charge is 0.145 e. The van der Waals surface area contributed by atoms with E-state index in [4.69, 9.17) is 9.97 Å². The van der Waals surface area contributed by atoms with Gasteiger partial charge in [0.05, 0.1) is 33.2 Å². The maximum Gasteiger partial charge on any atom is 0.145 e. The first-order valence-electron chi connectivity index (χ1n) is 25.5. The van der Waals surface area contributed by atoms with E-state index >= 15 is 0 Å². The average molecular weight is 929 g/mol. The molecule has 4 heteroatoms. The summed E-state index contributed by atoms with van der Waals surface area (Å²) in [5.41, 5.74) is 24.5. The highest BCUT2D eigenvalue weighted by Gasteiger charge is 2.51. The third kappa shape index (κ3) is 5.66. The number of benzene rings is 10. The van der Waals surface area contributed by atoms with E-state index in [1.54, 1.807) is 0 Å². The van der Waals surface area contributed by atoms with Crippen LogP contribution in [-0.2, 0) is 11.8 Å². The summed E-state index contributed by atoms with van der Waals surface area (Å²) in [4.78, 5) is 10.9. The van der Waals surface area contributed by atoms with Gasteiger partial charge in [-0.2, -0.15) is 0 Å². The summed E-state index contributed by atoms with van der Waals surface area (Å²) in [5, 5.41) is 4.81. The zero-order chi connectivity index (χ0) is 47.8. The standard InChI is InChI=1S/C69H44N4/c1-2-18-47(19-3-1)73-66-33-17-14-30-63(66)71-68(73)44-36-34-43(35-37-44)45-38-46(40-48(39-45)72-64-31-15-8-24-53(64)54-25-9-16-32-65(54)72)67-57-41-56-51-22-6-12-28-60(51)69(61(56)42-55(57)52-23-7-13-29-62(52)70-67)58-26-10-4-20-49(58)50-21-5-11-27-59(50)69/h1-8,10-24,26-42H,9,25H2. The largest absolute Gasteiger partial charge is 0.310 e. The first kappa shape index (κ1) is 40.4. The fraction of sp³-hybridized carbons (Fsp3) is 0.0435. The molecule has 0 saturated heterocycles. The monoisotopic (exact) mass is 928 g/mol. The number of fused-ring (bicyclic) bond motifs is 17. The minimum atomic E-state index is -0.454. The third-order valence-electron chi connectivity index (χ3n) is 16.2. The molecule has 3 heterocycles. The predicted octanol–water partition coefficient (Wildman–Crippen LogP) is 17.0. The Kier molecular flexibility index (Phi) is 8.46. The van der Waals surface area contributed by atoms with Gasteiger partial charge in [-0.05, 0) is 152 Å². The number of para-hydroxylation sites is 5. The summed E-state index contributed by atoms with van der Waals surface area (Å²) in [7, 11) is 0. The fourth-order valence-corrected chi connectivity index (χ4v) is 13.1. The van der Waals surface area contributed by atoms with E-state index in [-0.39, 0.29) is 0 Å². The Morgan fingerprint density at radius 1 is 0.370 bits per heavy atom. The normalized spacial score (nSPS) is 13.7. The maximum absolute atomic E-state index is 5.70. The van der Waals surface area contributed by atoms with E-state index < -0.39 is 5.41 Å². The number of hydrogen-bond donors (Lipinski definition) is 0. The van der Waals surface area contributed by atoms with Gasteiger partial charge in [-0.3, -0.25) is 4.57 Å². The lowest BCUT2D eigenvalue weighted by atomic mass is 9.70. The number of pyridine rings is 1. The molecule has 3 aromatic heterocycles. The lowest BCUT2D eigenvalue weighted by molar-refractivity contribution is 0.795. The predicted molar refractivity (Wildman–Crippen MR) is 301 cm³/mol. The molecule has 4 nitrogen and oxygen atoms in total. The van der Waals surface area contributed by atoms with Crippen molar-refractivity contribution in [2.24, 2.45) is 0 Å². The Bertz CT molecular complexity index is 4450. The van der Waals surface area contributed by atoms with Gasteiger partial charge in [0.2, 0.25) is 0 Å². The number of hydrogen-bond acceptors (Lipinski definition) is 2. The quantitative estimate of drug-likeness (QED) is 0.161. The molecule has 73 heavy (non-hydrogen) atoms. The Morgan fingerprint density at radius 2 is 0.973 bits per heavy atom. The van der Waals surface area contributed by atoms with E-state index in [1.807, 2.05) is 0 Å². The number of rotatable bonds is 5. The topological polar surface area (TPSA) is 35.6 Å².